The molecule has 5 aromatic carbocycles. The van der Waals surface area contributed by atoms with Crippen LogP contribution in [0.1, 0.15) is 67.3 Å². The first kappa shape index (κ1) is 31.1. The van der Waals surface area contributed by atoms with Gasteiger partial charge in [-0.2, -0.15) is 0 Å². The Labute approximate surface area is 308 Å². The molecule has 0 saturated carbocycles. The van der Waals surface area contributed by atoms with Crippen LogP contribution in [0.25, 0.3) is 45.5 Å². The highest BCUT2D eigenvalue weighted by molar-refractivity contribution is 5.86. The molecular weight excluding hydrogens is 627 g/mol. The van der Waals surface area contributed by atoms with Crippen LogP contribution in [0, 0.1) is 0 Å². The summed E-state index contributed by atoms with van der Waals surface area (Å²) in [6, 6.07) is 41.7. The fourth-order valence-corrected chi connectivity index (χ4v) is 9.31. The Morgan fingerprint density at radius 3 is 2.12 bits per heavy atom. The highest BCUT2D eigenvalue weighted by Gasteiger charge is 2.37. The van der Waals surface area contributed by atoms with Crippen molar-refractivity contribution in [2.24, 2.45) is 0 Å². The lowest BCUT2D eigenvalue weighted by Crippen LogP contribution is -2.31. The first-order chi connectivity index (χ1) is 25.5. The molecular formula is C51H43N. The van der Waals surface area contributed by atoms with Gasteiger partial charge in [-0.3, -0.25) is 0 Å². The number of allylic oxidation sites excluding steroid dienone is 7. The Kier molecular flexibility index (Phi) is 7.32. The minimum atomic E-state index is -0.0875. The van der Waals surface area contributed by atoms with Crippen LogP contribution in [0.3, 0.4) is 0 Å². The van der Waals surface area contributed by atoms with Crippen LogP contribution >= 0.6 is 0 Å². The van der Waals surface area contributed by atoms with Gasteiger partial charge >= 0.3 is 0 Å². The SMILES string of the molecule is CC1(C)c2cc(-c3ccc(/C=C/C4=Cc5ccccc5CC4)cc3)ccc2-c2ccc(-c3ccc(N4C5=C(C=CCC5)C5=CC=CCC54)cc3)cc21. The van der Waals surface area contributed by atoms with Gasteiger partial charge in [0, 0.05) is 16.8 Å². The number of hydrogen-bond acceptors (Lipinski definition) is 1. The zero-order chi connectivity index (χ0) is 34.8. The molecule has 252 valence electrons. The quantitative estimate of drug-likeness (QED) is 0.180. The molecule has 0 radical (unpaired) electrons. The zero-order valence-electron chi connectivity index (χ0n) is 30.1. The minimum Gasteiger partial charge on any atom is -0.337 e. The third-order valence-electron chi connectivity index (χ3n) is 12.2. The van der Waals surface area contributed by atoms with Gasteiger partial charge in [-0.05, 0) is 134 Å². The largest absolute Gasteiger partial charge is 0.337 e. The summed E-state index contributed by atoms with van der Waals surface area (Å²) in [6.45, 7) is 4.78. The lowest BCUT2D eigenvalue weighted by molar-refractivity contribution is 0.661. The number of hydrogen-bond donors (Lipinski definition) is 0. The average molecular weight is 670 g/mol. The summed E-state index contributed by atoms with van der Waals surface area (Å²) < 4.78 is 0. The van der Waals surface area contributed by atoms with E-state index in [-0.39, 0.29) is 5.41 Å². The number of aryl methyl sites for hydroxylation is 1. The van der Waals surface area contributed by atoms with Crippen LogP contribution in [0.15, 0.2) is 168 Å². The molecule has 0 saturated heterocycles. The zero-order valence-corrected chi connectivity index (χ0v) is 30.1. The molecule has 0 fully saturated rings. The summed E-state index contributed by atoms with van der Waals surface area (Å²) in [5.41, 5.74) is 21.7. The molecule has 1 aliphatic heterocycles. The van der Waals surface area contributed by atoms with E-state index < -0.39 is 0 Å². The van der Waals surface area contributed by atoms with Gasteiger partial charge in [-0.25, -0.2) is 0 Å². The summed E-state index contributed by atoms with van der Waals surface area (Å²) >= 11 is 0. The molecule has 1 heterocycles. The van der Waals surface area contributed by atoms with Gasteiger partial charge in [0.05, 0.1) is 6.04 Å². The van der Waals surface area contributed by atoms with E-state index in [4.69, 9.17) is 0 Å². The van der Waals surface area contributed by atoms with E-state index in [1.165, 1.54) is 89.3 Å². The summed E-state index contributed by atoms with van der Waals surface area (Å²) in [7, 11) is 0. The van der Waals surface area contributed by atoms with Crippen LogP contribution < -0.4 is 4.90 Å². The van der Waals surface area contributed by atoms with Crippen LogP contribution in [0.2, 0.25) is 0 Å². The first-order valence-electron chi connectivity index (χ1n) is 19.0. The Bertz CT molecular complexity index is 2440. The van der Waals surface area contributed by atoms with Crippen molar-refractivity contribution < 1.29 is 0 Å². The summed E-state index contributed by atoms with van der Waals surface area (Å²) in [5.74, 6) is 0. The molecule has 0 bridgehead atoms. The van der Waals surface area contributed by atoms with E-state index in [0.717, 1.165) is 32.1 Å². The molecule has 4 aliphatic carbocycles. The second-order valence-electron chi connectivity index (χ2n) is 15.5. The van der Waals surface area contributed by atoms with Crippen molar-refractivity contribution in [2.75, 3.05) is 4.90 Å². The van der Waals surface area contributed by atoms with Crippen LogP contribution in [-0.4, -0.2) is 6.04 Å². The monoisotopic (exact) mass is 669 g/mol. The second-order valence-corrected chi connectivity index (χ2v) is 15.5. The standard InChI is InChI=1S/C51H43N/c1-51(2)47-32-40(37-20-17-34(18-21-37)15-16-35-19-22-36-9-3-4-10-39(36)31-35)25-29-43(47)44-30-26-41(33-48(44)51)38-23-27-42(28-24-38)52-49-13-7-5-11-45(49)46-12-6-8-14-50(46)52/h3-7,9-12,15-18,20-21,23-33,49H,8,13-14,19,22H2,1-2H3/b16-15+. The smallest absolute Gasteiger partial charge is 0.0629 e. The minimum absolute atomic E-state index is 0.0875. The number of anilines is 1. The van der Waals surface area contributed by atoms with Crippen molar-refractivity contribution >= 4 is 17.8 Å². The van der Waals surface area contributed by atoms with Crippen molar-refractivity contribution in [1.82, 2.24) is 0 Å². The summed E-state index contributed by atoms with van der Waals surface area (Å²) in [4.78, 5) is 2.61. The van der Waals surface area contributed by atoms with Gasteiger partial charge < -0.3 is 4.90 Å². The fraction of sp³-hybridized carbons (Fsp3) is 0.176. The first-order valence-corrected chi connectivity index (χ1v) is 19.0. The Morgan fingerprint density at radius 2 is 1.37 bits per heavy atom. The fourth-order valence-electron chi connectivity index (χ4n) is 9.31. The maximum atomic E-state index is 2.61. The predicted molar refractivity (Wildman–Crippen MR) is 220 cm³/mol. The molecule has 1 nitrogen and oxygen atoms in total. The molecule has 10 rings (SSSR count). The predicted octanol–water partition coefficient (Wildman–Crippen LogP) is 13.0. The molecule has 1 unspecified atom stereocenters. The Morgan fingerprint density at radius 1 is 0.673 bits per heavy atom. The van der Waals surface area contributed by atoms with Crippen molar-refractivity contribution in [3.05, 3.63) is 196 Å². The van der Waals surface area contributed by atoms with Crippen LogP contribution in [-0.2, 0) is 11.8 Å². The van der Waals surface area contributed by atoms with E-state index in [1.807, 2.05) is 0 Å². The maximum absolute atomic E-state index is 2.61. The van der Waals surface area contributed by atoms with Crippen LogP contribution in [0.5, 0.6) is 0 Å². The van der Waals surface area contributed by atoms with E-state index in [1.54, 1.807) is 0 Å². The third-order valence-corrected chi connectivity index (χ3v) is 12.2. The van der Waals surface area contributed by atoms with Crippen molar-refractivity contribution in [2.45, 2.75) is 57.4 Å². The highest BCUT2D eigenvalue weighted by atomic mass is 15.2. The summed E-state index contributed by atoms with van der Waals surface area (Å²) in [5, 5.41) is 0. The average Bonchev–Trinajstić information content (AvgIpc) is 3.65. The van der Waals surface area contributed by atoms with E-state index in [0.29, 0.717) is 6.04 Å². The van der Waals surface area contributed by atoms with E-state index in [2.05, 4.69) is 177 Å². The molecule has 52 heavy (non-hydrogen) atoms. The van der Waals surface area contributed by atoms with Gasteiger partial charge in [-0.1, -0.05) is 147 Å². The third kappa shape index (κ3) is 5.14. The molecule has 0 amide bonds. The van der Waals surface area contributed by atoms with E-state index in [9.17, 15) is 0 Å². The number of rotatable bonds is 5. The number of nitrogens with zero attached hydrogens (tertiary/aromatic N) is 1. The lowest BCUT2D eigenvalue weighted by Gasteiger charge is -2.31. The van der Waals surface area contributed by atoms with Crippen molar-refractivity contribution in [3.8, 4) is 33.4 Å². The van der Waals surface area contributed by atoms with Crippen LogP contribution in [0.4, 0.5) is 5.69 Å². The van der Waals surface area contributed by atoms with Gasteiger partial charge in [0.1, 0.15) is 0 Å². The highest BCUT2D eigenvalue weighted by Crippen LogP contribution is 2.51. The molecule has 0 aromatic heterocycles. The van der Waals surface area contributed by atoms with Gasteiger partial charge in [0.2, 0.25) is 0 Å². The molecule has 1 heteroatoms. The second kappa shape index (κ2) is 12.2. The number of benzene rings is 5. The molecule has 5 aliphatic rings. The topological polar surface area (TPSA) is 3.24 Å². The molecule has 5 aromatic rings. The van der Waals surface area contributed by atoms with Gasteiger partial charge in [-0.15, -0.1) is 0 Å². The Balaban J connectivity index is 0.889. The maximum Gasteiger partial charge on any atom is 0.0629 e. The normalized spacial score (nSPS) is 19.2. The Hall–Kier alpha value is -5.66. The lowest BCUT2D eigenvalue weighted by atomic mass is 9.81. The van der Waals surface area contributed by atoms with Gasteiger partial charge in [0.25, 0.3) is 0 Å². The molecule has 1 atom stereocenters. The van der Waals surface area contributed by atoms with Crippen molar-refractivity contribution in [3.63, 3.8) is 0 Å². The van der Waals surface area contributed by atoms with Crippen molar-refractivity contribution in [1.29, 1.82) is 0 Å². The van der Waals surface area contributed by atoms with E-state index >= 15 is 0 Å². The summed E-state index contributed by atoms with van der Waals surface area (Å²) in [6.07, 6.45) is 23.9. The van der Waals surface area contributed by atoms with Gasteiger partial charge in [0.15, 0.2) is 0 Å². The molecule has 0 spiro atoms. The molecule has 0 N–H and O–H groups in total. The number of fused-ring (bicyclic) bond motifs is 6.